The van der Waals surface area contributed by atoms with Crippen LogP contribution in [-0.4, -0.2) is 83.9 Å². The van der Waals surface area contributed by atoms with Crippen LogP contribution in [0, 0.1) is 0 Å². The number of aryl methyl sites for hydroxylation is 1. The maximum atomic E-state index is 14.2. The van der Waals surface area contributed by atoms with Crippen LogP contribution in [0.2, 0.25) is 0 Å². The molecule has 1 saturated heterocycles. The van der Waals surface area contributed by atoms with Crippen molar-refractivity contribution in [2.75, 3.05) is 30.8 Å². The molecule has 1 amide bonds. The molecule has 1 aliphatic heterocycles. The normalized spacial score (nSPS) is 18.2. The van der Waals surface area contributed by atoms with Gasteiger partial charge in [0.2, 0.25) is 5.54 Å². The van der Waals surface area contributed by atoms with Gasteiger partial charge in [-0.1, -0.05) is 6.92 Å². The predicted molar refractivity (Wildman–Crippen MR) is 147 cm³/mol. The minimum Gasteiger partial charge on any atom is -0.464 e. The molecule has 0 spiro atoms. The molecule has 1 aliphatic rings. The lowest BCUT2D eigenvalue weighted by Crippen LogP contribution is -2.64. The lowest BCUT2D eigenvalue weighted by Gasteiger charge is -2.39. The number of thioether (sulfide) groups is 1. The number of sulfonamides is 1. The molecule has 1 fully saturated rings. The van der Waals surface area contributed by atoms with Crippen LogP contribution in [-0.2, 0) is 31.4 Å². The van der Waals surface area contributed by atoms with E-state index < -0.39 is 44.3 Å². The van der Waals surface area contributed by atoms with Crippen LogP contribution in [0.25, 0.3) is 0 Å². The number of nitrogens with zero attached hydrogens (tertiary/aromatic N) is 4. The van der Waals surface area contributed by atoms with E-state index in [2.05, 4.69) is 10.4 Å². The van der Waals surface area contributed by atoms with Gasteiger partial charge in [-0.15, -0.1) is 11.8 Å². The summed E-state index contributed by atoms with van der Waals surface area (Å²) in [6, 6.07) is 5.50. The van der Waals surface area contributed by atoms with Crippen LogP contribution in [0.3, 0.4) is 0 Å². The van der Waals surface area contributed by atoms with Gasteiger partial charge in [0.15, 0.2) is 5.78 Å². The highest BCUT2D eigenvalue weighted by molar-refractivity contribution is 8.01. The molecule has 2 aromatic rings. The molecule has 39 heavy (non-hydrogen) atoms. The fourth-order valence-corrected chi connectivity index (χ4v) is 7.03. The smallest absolute Gasteiger partial charge is 0.414 e. The van der Waals surface area contributed by atoms with E-state index in [1.807, 2.05) is 13.8 Å². The molecular weight excluding hydrogens is 546 g/mol. The number of Topliss-reactive ketones (excluding diaryl/α,β-unsaturated/α-hetero) is 1. The maximum absolute atomic E-state index is 14.2. The van der Waals surface area contributed by atoms with Gasteiger partial charge in [0.25, 0.3) is 10.0 Å². The summed E-state index contributed by atoms with van der Waals surface area (Å²) in [7, 11) is 0.0596. The Morgan fingerprint density at radius 2 is 1.87 bits per heavy atom. The number of hydrogen-bond acceptors (Lipinski definition) is 10. The van der Waals surface area contributed by atoms with Crippen molar-refractivity contribution in [2.45, 2.75) is 55.5 Å². The van der Waals surface area contributed by atoms with Gasteiger partial charge in [-0.3, -0.25) is 14.8 Å². The van der Waals surface area contributed by atoms with Gasteiger partial charge < -0.3 is 14.4 Å². The number of hydrogen-bond donors (Lipinski definition) is 1. The quantitative estimate of drug-likeness (QED) is 0.329. The second-order valence-electron chi connectivity index (χ2n) is 10.2. The number of carbonyl (C=O) groups excluding carboxylic acids is 3. The zero-order valence-electron chi connectivity index (χ0n) is 23.1. The summed E-state index contributed by atoms with van der Waals surface area (Å²) in [6.45, 7) is 6.88. The van der Waals surface area contributed by atoms with Crippen molar-refractivity contribution in [3.05, 3.63) is 36.7 Å². The van der Waals surface area contributed by atoms with E-state index in [1.165, 1.54) is 72.8 Å². The zero-order valence-corrected chi connectivity index (χ0v) is 24.8. The third-order valence-corrected chi connectivity index (χ3v) is 9.37. The van der Waals surface area contributed by atoms with E-state index in [0.29, 0.717) is 12.2 Å². The van der Waals surface area contributed by atoms with Gasteiger partial charge in [0.05, 0.1) is 18.5 Å². The van der Waals surface area contributed by atoms with E-state index in [9.17, 15) is 22.8 Å². The van der Waals surface area contributed by atoms with Gasteiger partial charge >= 0.3 is 12.1 Å². The van der Waals surface area contributed by atoms with Crippen molar-refractivity contribution in [1.82, 2.24) is 20.0 Å². The second-order valence-corrected chi connectivity index (χ2v) is 13.0. The predicted octanol–water partition coefficient (Wildman–Crippen LogP) is 2.40. The molecule has 14 heteroatoms. The Bertz CT molecular complexity index is 1320. The van der Waals surface area contributed by atoms with Crippen LogP contribution in [0.5, 0.6) is 5.75 Å². The van der Waals surface area contributed by atoms with Crippen LogP contribution in [0.4, 0.5) is 10.5 Å². The monoisotopic (exact) mass is 581 g/mol. The third-order valence-electron chi connectivity index (χ3n) is 5.95. The Kier molecular flexibility index (Phi) is 9.02. The fourth-order valence-electron chi connectivity index (χ4n) is 3.86. The van der Waals surface area contributed by atoms with Gasteiger partial charge in [-0.05, 0) is 51.5 Å². The summed E-state index contributed by atoms with van der Waals surface area (Å²) in [5.41, 5.74) is -2.71. The number of nitrogens with one attached hydrogen (secondary N) is 1. The van der Waals surface area contributed by atoms with Crippen LogP contribution in [0.15, 0.2) is 41.6 Å². The molecule has 214 valence electrons. The van der Waals surface area contributed by atoms with Crippen LogP contribution < -0.4 is 14.4 Å². The summed E-state index contributed by atoms with van der Waals surface area (Å²) in [5, 5.41) is 6.30. The number of aromatic nitrogens is 2. The third kappa shape index (κ3) is 6.39. The molecule has 2 atom stereocenters. The molecule has 0 saturated carbocycles. The zero-order chi connectivity index (χ0) is 29.2. The molecular formula is C25H35N5O7S2. The maximum Gasteiger partial charge on any atom is 0.414 e. The Morgan fingerprint density at radius 1 is 1.23 bits per heavy atom. The lowest BCUT2D eigenvalue weighted by molar-refractivity contribution is -0.152. The first-order valence-electron chi connectivity index (χ1n) is 12.3. The van der Waals surface area contributed by atoms with Crippen LogP contribution >= 0.6 is 11.8 Å². The van der Waals surface area contributed by atoms with E-state index in [1.54, 1.807) is 14.0 Å². The number of carbonyl (C=O) groups is 3. The summed E-state index contributed by atoms with van der Waals surface area (Å²) in [6.07, 6.45) is 2.27. The second kappa shape index (κ2) is 11.6. The number of amides is 1. The number of ether oxygens (including phenoxy) is 2. The Labute approximate surface area is 233 Å². The van der Waals surface area contributed by atoms with Gasteiger partial charge in [0, 0.05) is 38.6 Å². The highest BCUT2D eigenvalue weighted by Gasteiger charge is 2.57. The van der Waals surface area contributed by atoms with Gasteiger partial charge in [-0.25, -0.2) is 22.3 Å². The van der Waals surface area contributed by atoms with Crippen molar-refractivity contribution in [1.29, 1.82) is 0 Å². The first kappa shape index (κ1) is 30.4. The Balaban J connectivity index is 2.20. The highest BCUT2D eigenvalue weighted by atomic mass is 32.2. The van der Waals surface area contributed by atoms with E-state index in [4.69, 9.17) is 9.47 Å². The minimum atomic E-state index is -4.54. The van der Waals surface area contributed by atoms with Crippen molar-refractivity contribution >= 4 is 45.3 Å². The molecule has 3 rings (SSSR count). The average molecular weight is 582 g/mol. The highest BCUT2D eigenvalue weighted by Crippen LogP contribution is 2.38. The topological polar surface area (TPSA) is 140 Å². The molecule has 1 aromatic heterocycles. The first-order chi connectivity index (χ1) is 18.1. The summed E-state index contributed by atoms with van der Waals surface area (Å²) >= 11 is 1.29. The Morgan fingerprint density at radius 3 is 2.36 bits per heavy atom. The summed E-state index contributed by atoms with van der Waals surface area (Å²) < 4.78 is 41.1. The number of anilines is 1. The molecule has 12 nitrogen and oxygen atoms in total. The fraction of sp³-hybridized carbons (Fsp3) is 0.520. The number of esters is 1. The van der Waals surface area contributed by atoms with Crippen molar-refractivity contribution in [3.8, 4) is 5.75 Å². The SMILES string of the molecule is CCCOC(=O)[C@@](C)(C(=O)[C@H]1NC(C)(C)CS1)N(c1ccc(OC(=O)N(C)C)cc1)S(=O)(=O)c1cnn(C)c1. The standard InChI is InChI=1S/C25H35N5O7S2/c1-8-13-36-22(32)25(4,20(31)21-27-24(2,3)16-38-21)30(39(34,35)19-14-26-29(7)15-19)17-9-11-18(12-10-17)37-23(33)28(5)6/h9-12,14-15,21,27H,8,13,16H2,1-7H3/t21-,25+/m0/s1. The molecule has 0 bridgehead atoms. The average Bonchev–Trinajstić information content (AvgIpc) is 3.48. The molecule has 1 aromatic carbocycles. The van der Waals surface area contributed by atoms with E-state index >= 15 is 0 Å². The molecule has 0 aliphatic carbocycles. The number of ketones is 1. The molecule has 2 heterocycles. The lowest BCUT2D eigenvalue weighted by atomic mass is 9.94. The molecule has 0 unspecified atom stereocenters. The van der Waals surface area contributed by atoms with Crippen LogP contribution in [0.1, 0.15) is 34.1 Å². The van der Waals surface area contributed by atoms with E-state index in [-0.39, 0.29) is 22.9 Å². The number of benzene rings is 1. The van der Waals surface area contributed by atoms with Crippen molar-refractivity contribution in [3.63, 3.8) is 0 Å². The van der Waals surface area contributed by atoms with Crippen molar-refractivity contribution < 1.29 is 32.3 Å². The Hall–Kier alpha value is -3.10. The van der Waals surface area contributed by atoms with Gasteiger partial charge in [0.1, 0.15) is 16.0 Å². The molecule has 1 N–H and O–H groups in total. The van der Waals surface area contributed by atoms with Gasteiger partial charge in [-0.2, -0.15) is 5.10 Å². The van der Waals surface area contributed by atoms with Crippen molar-refractivity contribution in [2.24, 2.45) is 7.05 Å². The summed E-state index contributed by atoms with van der Waals surface area (Å²) in [5.74, 6) is -0.954. The minimum absolute atomic E-state index is 0.00135. The van der Waals surface area contributed by atoms with E-state index in [0.717, 1.165) is 10.5 Å². The number of rotatable bonds is 10. The first-order valence-corrected chi connectivity index (χ1v) is 14.8. The summed E-state index contributed by atoms with van der Waals surface area (Å²) in [4.78, 5) is 40.9. The molecule has 0 radical (unpaired) electrons. The largest absolute Gasteiger partial charge is 0.464 e.